The average Bonchev–Trinajstić information content (AvgIpc) is 3.20. The van der Waals surface area contributed by atoms with Crippen LogP contribution in [0.2, 0.25) is 0 Å². The maximum absolute atomic E-state index is 12.2. The molecular formula is C14H20N2O. The fourth-order valence-electron chi connectivity index (χ4n) is 2.08. The Kier molecular flexibility index (Phi) is 3.48. The lowest BCUT2D eigenvalue weighted by atomic mass is 9.94. The van der Waals surface area contributed by atoms with E-state index in [1.807, 2.05) is 49.2 Å². The predicted molar refractivity (Wildman–Crippen MR) is 68.3 cm³/mol. The smallest absolute Gasteiger partial charge is 0.227 e. The van der Waals surface area contributed by atoms with Gasteiger partial charge in [0.15, 0.2) is 0 Å². The van der Waals surface area contributed by atoms with Gasteiger partial charge in [0.2, 0.25) is 5.91 Å². The third kappa shape index (κ3) is 2.67. The lowest BCUT2D eigenvalue weighted by Crippen LogP contribution is -2.38. The molecule has 92 valence electrons. The molecule has 0 bridgehead atoms. The zero-order chi connectivity index (χ0) is 12.4. The van der Waals surface area contributed by atoms with Crippen molar-refractivity contribution < 1.29 is 4.79 Å². The molecule has 1 amide bonds. The fourth-order valence-corrected chi connectivity index (χ4v) is 2.08. The van der Waals surface area contributed by atoms with Crippen LogP contribution in [0.3, 0.4) is 0 Å². The standard InChI is InChI=1S/C14H20N2O/c1-10(14(17)16(2)12-8-9-12)13(15)11-6-4-3-5-7-11/h3-7,10,12-13H,8-9,15H2,1-2H3. The number of rotatable bonds is 4. The van der Waals surface area contributed by atoms with E-state index in [1.54, 1.807) is 0 Å². The van der Waals surface area contributed by atoms with E-state index in [0.717, 1.165) is 18.4 Å². The SMILES string of the molecule is CC(C(=O)N(C)C1CC1)C(N)c1ccccc1. The van der Waals surface area contributed by atoms with Gasteiger partial charge < -0.3 is 10.6 Å². The third-order valence-corrected chi connectivity index (χ3v) is 3.55. The number of benzene rings is 1. The second kappa shape index (κ2) is 4.88. The molecule has 0 heterocycles. The Balaban J connectivity index is 2.03. The van der Waals surface area contributed by atoms with Gasteiger partial charge in [0, 0.05) is 19.1 Å². The van der Waals surface area contributed by atoms with Crippen LogP contribution in [0, 0.1) is 5.92 Å². The summed E-state index contributed by atoms with van der Waals surface area (Å²) in [5.41, 5.74) is 7.18. The topological polar surface area (TPSA) is 46.3 Å². The van der Waals surface area contributed by atoms with Crippen LogP contribution in [-0.2, 0) is 4.79 Å². The average molecular weight is 232 g/mol. The van der Waals surface area contributed by atoms with Crippen LogP contribution in [-0.4, -0.2) is 23.9 Å². The Hall–Kier alpha value is -1.35. The van der Waals surface area contributed by atoms with Gasteiger partial charge in [-0.15, -0.1) is 0 Å². The van der Waals surface area contributed by atoms with Gasteiger partial charge in [-0.1, -0.05) is 37.3 Å². The van der Waals surface area contributed by atoms with Gasteiger partial charge in [0.1, 0.15) is 0 Å². The third-order valence-electron chi connectivity index (χ3n) is 3.55. The number of carbonyl (C=O) groups excluding carboxylic acids is 1. The molecule has 3 nitrogen and oxygen atoms in total. The molecule has 0 saturated heterocycles. The zero-order valence-corrected chi connectivity index (χ0v) is 10.5. The van der Waals surface area contributed by atoms with E-state index in [0.29, 0.717) is 6.04 Å². The first-order valence-corrected chi connectivity index (χ1v) is 6.18. The summed E-state index contributed by atoms with van der Waals surface area (Å²) in [6.07, 6.45) is 2.27. The first-order chi connectivity index (χ1) is 8.11. The van der Waals surface area contributed by atoms with E-state index in [1.165, 1.54) is 0 Å². The zero-order valence-electron chi connectivity index (χ0n) is 10.5. The van der Waals surface area contributed by atoms with E-state index in [-0.39, 0.29) is 17.9 Å². The highest BCUT2D eigenvalue weighted by Gasteiger charge is 2.33. The Morgan fingerprint density at radius 2 is 1.94 bits per heavy atom. The maximum atomic E-state index is 12.2. The molecule has 0 aliphatic heterocycles. The van der Waals surface area contributed by atoms with Crippen molar-refractivity contribution in [1.82, 2.24) is 4.90 Å². The van der Waals surface area contributed by atoms with Crippen molar-refractivity contribution in [2.75, 3.05) is 7.05 Å². The minimum atomic E-state index is -0.218. The molecule has 0 spiro atoms. The molecular weight excluding hydrogens is 212 g/mol. The van der Waals surface area contributed by atoms with Crippen LogP contribution in [0.25, 0.3) is 0 Å². The van der Waals surface area contributed by atoms with Gasteiger partial charge in [-0.3, -0.25) is 4.79 Å². The van der Waals surface area contributed by atoms with Crippen LogP contribution in [0.15, 0.2) is 30.3 Å². The Bertz CT molecular complexity index is 386. The Morgan fingerprint density at radius 3 is 2.47 bits per heavy atom. The molecule has 1 fully saturated rings. The van der Waals surface area contributed by atoms with Gasteiger partial charge in [-0.25, -0.2) is 0 Å². The second-order valence-corrected chi connectivity index (χ2v) is 4.91. The van der Waals surface area contributed by atoms with E-state index >= 15 is 0 Å². The molecule has 17 heavy (non-hydrogen) atoms. The highest BCUT2D eigenvalue weighted by Crippen LogP contribution is 2.29. The van der Waals surface area contributed by atoms with Crippen molar-refractivity contribution in [2.24, 2.45) is 11.7 Å². The van der Waals surface area contributed by atoms with Gasteiger partial charge in [0.05, 0.1) is 5.92 Å². The normalized spacial score (nSPS) is 18.5. The summed E-state index contributed by atoms with van der Waals surface area (Å²) in [7, 11) is 1.88. The Morgan fingerprint density at radius 1 is 1.35 bits per heavy atom. The maximum Gasteiger partial charge on any atom is 0.227 e. The van der Waals surface area contributed by atoms with Crippen LogP contribution in [0.4, 0.5) is 0 Å². The number of carbonyl (C=O) groups is 1. The van der Waals surface area contributed by atoms with Gasteiger partial charge in [0.25, 0.3) is 0 Å². The molecule has 2 atom stereocenters. The summed E-state index contributed by atoms with van der Waals surface area (Å²) in [5, 5.41) is 0. The highest BCUT2D eigenvalue weighted by molar-refractivity contribution is 5.79. The minimum absolute atomic E-state index is 0.156. The first-order valence-electron chi connectivity index (χ1n) is 6.18. The van der Waals surface area contributed by atoms with Crippen molar-refractivity contribution in [3.63, 3.8) is 0 Å². The van der Waals surface area contributed by atoms with Crippen LogP contribution >= 0.6 is 0 Å². The van der Waals surface area contributed by atoms with Crippen molar-refractivity contribution in [1.29, 1.82) is 0 Å². The molecule has 1 saturated carbocycles. The quantitative estimate of drug-likeness (QED) is 0.862. The van der Waals surface area contributed by atoms with Gasteiger partial charge in [-0.05, 0) is 18.4 Å². The molecule has 0 aromatic heterocycles. The summed E-state index contributed by atoms with van der Waals surface area (Å²) in [6.45, 7) is 1.92. The van der Waals surface area contributed by atoms with E-state index in [4.69, 9.17) is 5.73 Å². The summed E-state index contributed by atoms with van der Waals surface area (Å²) >= 11 is 0. The minimum Gasteiger partial charge on any atom is -0.342 e. The number of nitrogens with two attached hydrogens (primary N) is 1. The van der Waals surface area contributed by atoms with E-state index < -0.39 is 0 Å². The molecule has 3 heteroatoms. The summed E-state index contributed by atoms with van der Waals surface area (Å²) < 4.78 is 0. The fraction of sp³-hybridized carbons (Fsp3) is 0.500. The molecule has 1 aliphatic rings. The van der Waals surface area contributed by atoms with Crippen LogP contribution in [0.1, 0.15) is 31.4 Å². The molecule has 1 aliphatic carbocycles. The largest absolute Gasteiger partial charge is 0.342 e. The molecule has 1 aromatic carbocycles. The molecule has 0 radical (unpaired) electrons. The van der Waals surface area contributed by atoms with Gasteiger partial charge in [-0.2, -0.15) is 0 Å². The monoisotopic (exact) mass is 232 g/mol. The van der Waals surface area contributed by atoms with Crippen LogP contribution in [0.5, 0.6) is 0 Å². The van der Waals surface area contributed by atoms with Crippen molar-refractivity contribution in [3.05, 3.63) is 35.9 Å². The van der Waals surface area contributed by atoms with Crippen LogP contribution < -0.4 is 5.73 Å². The summed E-state index contributed by atoms with van der Waals surface area (Å²) in [4.78, 5) is 14.0. The molecule has 2 rings (SSSR count). The second-order valence-electron chi connectivity index (χ2n) is 4.91. The highest BCUT2D eigenvalue weighted by atomic mass is 16.2. The van der Waals surface area contributed by atoms with Crippen molar-refractivity contribution in [3.8, 4) is 0 Å². The van der Waals surface area contributed by atoms with Crippen molar-refractivity contribution in [2.45, 2.75) is 31.8 Å². The number of nitrogens with zero attached hydrogens (tertiary/aromatic N) is 1. The molecule has 1 aromatic rings. The van der Waals surface area contributed by atoms with E-state index in [9.17, 15) is 4.79 Å². The summed E-state index contributed by atoms with van der Waals surface area (Å²) in [5.74, 6) is -0.00754. The number of amides is 1. The van der Waals surface area contributed by atoms with E-state index in [2.05, 4.69) is 0 Å². The summed E-state index contributed by atoms with van der Waals surface area (Å²) in [6, 6.07) is 10.1. The molecule has 2 N–H and O–H groups in total. The Labute approximate surface area is 103 Å². The lowest BCUT2D eigenvalue weighted by Gasteiger charge is -2.25. The molecule has 2 unspecified atom stereocenters. The number of hydrogen-bond donors (Lipinski definition) is 1. The lowest BCUT2D eigenvalue weighted by molar-refractivity contribution is -0.134. The first kappa shape index (κ1) is 12.1. The number of hydrogen-bond acceptors (Lipinski definition) is 2. The van der Waals surface area contributed by atoms with Gasteiger partial charge >= 0.3 is 0 Å². The predicted octanol–water partition coefficient (Wildman–Crippen LogP) is 1.94. The van der Waals surface area contributed by atoms with Crippen molar-refractivity contribution >= 4 is 5.91 Å².